The number of aliphatic carboxylic acids is 1. The summed E-state index contributed by atoms with van der Waals surface area (Å²) in [7, 11) is -1.50. The van der Waals surface area contributed by atoms with Gasteiger partial charge in [0.15, 0.2) is 0 Å². The Morgan fingerprint density at radius 2 is 1.89 bits per heavy atom. The average Bonchev–Trinajstić information content (AvgIpc) is 2.55. The van der Waals surface area contributed by atoms with Crippen LogP contribution in [0.3, 0.4) is 0 Å². The Kier molecular flexibility index (Phi) is 13.4. The van der Waals surface area contributed by atoms with Crippen molar-refractivity contribution in [1.29, 1.82) is 0 Å². The maximum absolute atomic E-state index is 12.6. The third-order valence-corrected chi connectivity index (χ3v) is 4.48. The summed E-state index contributed by atoms with van der Waals surface area (Å²) >= 11 is 0. The van der Waals surface area contributed by atoms with E-state index >= 15 is 0 Å². The fourth-order valence-corrected chi connectivity index (χ4v) is 3.15. The molecule has 0 unspecified atom stereocenters. The number of nitrogens with zero attached hydrogens (tertiary/aromatic N) is 1. The zero-order valence-corrected chi connectivity index (χ0v) is 17.1. The van der Waals surface area contributed by atoms with Crippen LogP contribution in [0, 0.1) is 5.92 Å². The molecule has 14 heteroatoms. The number of hydrogen-bond acceptors (Lipinski definition) is 7. The third kappa shape index (κ3) is 9.26. The van der Waals surface area contributed by atoms with E-state index in [1.807, 2.05) is 0 Å². The summed E-state index contributed by atoms with van der Waals surface area (Å²) in [6.07, 6.45) is 1.26. The fraction of sp³-hybridized carbons (Fsp3) is 0.786. The van der Waals surface area contributed by atoms with Crippen molar-refractivity contribution in [1.82, 2.24) is 10.2 Å². The van der Waals surface area contributed by atoms with E-state index in [0.29, 0.717) is 19.3 Å². The minimum absolute atomic E-state index is 0. The lowest BCUT2D eigenvalue weighted by atomic mass is 9.75. The van der Waals surface area contributed by atoms with Crippen molar-refractivity contribution < 1.29 is 29.5 Å². The van der Waals surface area contributed by atoms with Crippen LogP contribution in [-0.2, 0) is 9.59 Å². The lowest BCUT2D eigenvalue weighted by molar-refractivity contribution is -0.149. The molecule has 0 saturated carbocycles. The van der Waals surface area contributed by atoms with Gasteiger partial charge in [-0.15, -0.1) is 24.8 Å². The van der Waals surface area contributed by atoms with Crippen LogP contribution >= 0.6 is 24.8 Å². The van der Waals surface area contributed by atoms with Gasteiger partial charge in [-0.2, -0.15) is 0 Å². The quantitative estimate of drug-likeness (QED) is 0.157. The molecule has 1 rings (SSSR count). The molecule has 3 atom stereocenters. The Morgan fingerprint density at radius 3 is 2.39 bits per heavy atom. The molecule has 1 heterocycles. The number of hydrogen-bond donors (Lipinski definition) is 7. The van der Waals surface area contributed by atoms with Crippen molar-refractivity contribution >= 4 is 49.8 Å². The molecule has 1 aliphatic heterocycles. The van der Waals surface area contributed by atoms with E-state index in [0.717, 1.165) is 0 Å². The minimum atomic E-state index is -1.60. The second-order valence-electron chi connectivity index (χ2n) is 6.85. The number of halogens is 2. The van der Waals surface area contributed by atoms with Gasteiger partial charge in [0.25, 0.3) is 0 Å². The first kappa shape index (κ1) is 28.9. The number of rotatable bonds is 9. The van der Waals surface area contributed by atoms with Gasteiger partial charge in [-0.25, -0.2) is 4.79 Å². The Bertz CT molecular complexity index is 532. The Balaban J connectivity index is 0. The van der Waals surface area contributed by atoms with Crippen molar-refractivity contribution in [3.8, 4) is 0 Å². The van der Waals surface area contributed by atoms with E-state index in [4.69, 9.17) is 27.2 Å². The van der Waals surface area contributed by atoms with Crippen molar-refractivity contribution in [2.75, 3.05) is 19.6 Å². The fourth-order valence-electron chi connectivity index (χ4n) is 3.15. The molecule has 1 fully saturated rings. The number of urea groups is 1. The highest BCUT2D eigenvalue weighted by Gasteiger charge is 2.44. The van der Waals surface area contributed by atoms with E-state index in [1.165, 1.54) is 4.90 Å². The van der Waals surface area contributed by atoms with E-state index in [9.17, 15) is 19.5 Å². The van der Waals surface area contributed by atoms with Crippen molar-refractivity contribution in [3.63, 3.8) is 0 Å². The van der Waals surface area contributed by atoms with Gasteiger partial charge in [0.2, 0.25) is 5.91 Å². The molecular weight excluding hydrogens is 416 g/mol. The Hall–Kier alpha value is -1.31. The number of carboxylic acid groups (broad SMARTS) is 1. The molecule has 0 radical (unpaired) electrons. The first-order valence-corrected chi connectivity index (χ1v) is 8.51. The summed E-state index contributed by atoms with van der Waals surface area (Å²) in [5.74, 6) is -1.92. The van der Waals surface area contributed by atoms with Gasteiger partial charge in [0.05, 0.1) is 6.04 Å². The lowest BCUT2D eigenvalue weighted by Gasteiger charge is -2.42. The monoisotopic (exact) mass is 445 g/mol. The van der Waals surface area contributed by atoms with E-state index in [2.05, 4.69) is 5.32 Å². The van der Waals surface area contributed by atoms with Crippen LogP contribution in [0.1, 0.15) is 25.7 Å². The van der Waals surface area contributed by atoms with Gasteiger partial charge in [0.1, 0.15) is 5.54 Å². The van der Waals surface area contributed by atoms with Gasteiger partial charge in [-0.3, -0.25) is 9.59 Å². The summed E-state index contributed by atoms with van der Waals surface area (Å²) in [6, 6.07) is -1.52. The Morgan fingerprint density at radius 1 is 1.29 bits per heavy atom. The summed E-state index contributed by atoms with van der Waals surface area (Å²) < 4.78 is 0. The molecule has 0 spiro atoms. The van der Waals surface area contributed by atoms with Gasteiger partial charge in [-0.05, 0) is 31.5 Å². The molecule has 164 valence electrons. The molecule has 10 N–H and O–H groups in total. The van der Waals surface area contributed by atoms with Crippen molar-refractivity contribution in [3.05, 3.63) is 0 Å². The highest BCUT2D eigenvalue weighted by atomic mass is 35.5. The molecule has 1 aliphatic rings. The standard InChI is InChI=1S/C14H28BN5O6.2ClH/c16-10(2-1-5-19-13(17)24)11(21)20-7-9(3-4-15(25)26)6-14(18,8-20)12(22)23;;/h9-10,25-26H,1-8,16,18H2,(H,22,23)(H3,17,19,24);2*1H/t9-,10-,14+;;/m0../s1. The second kappa shape index (κ2) is 13.0. The number of carbonyl (C=O) groups is 3. The number of carboxylic acids is 1. The van der Waals surface area contributed by atoms with Crippen LogP contribution in [0.25, 0.3) is 0 Å². The zero-order valence-electron chi connectivity index (χ0n) is 15.5. The molecule has 28 heavy (non-hydrogen) atoms. The topological polar surface area (TPSA) is 205 Å². The molecule has 11 nitrogen and oxygen atoms in total. The highest BCUT2D eigenvalue weighted by Crippen LogP contribution is 2.28. The van der Waals surface area contributed by atoms with Gasteiger partial charge < -0.3 is 42.6 Å². The first-order chi connectivity index (χ1) is 12.0. The molecule has 1 saturated heterocycles. The summed E-state index contributed by atoms with van der Waals surface area (Å²) in [5.41, 5.74) is 15.2. The van der Waals surface area contributed by atoms with Crippen molar-refractivity contribution in [2.24, 2.45) is 23.1 Å². The number of nitrogens with one attached hydrogen (secondary N) is 1. The molecule has 0 aromatic heterocycles. The van der Waals surface area contributed by atoms with E-state index in [-0.39, 0.29) is 63.1 Å². The van der Waals surface area contributed by atoms with Crippen LogP contribution in [-0.4, -0.2) is 76.3 Å². The molecule has 0 aromatic carbocycles. The van der Waals surface area contributed by atoms with Crippen LogP contribution in [0.15, 0.2) is 0 Å². The largest absolute Gasteiger partial charge is 0.480 e. The molecule has 0 aromatic rings. The summed E-state index contributed by atoms with van der Waals surface area (Å²) in [6.45, 7) is 0.376. The minimum Gasteiger partial charge on any atom is -0.480 e. The van der Waals surface area contributed by atoms with Gasteiger partial charge in [-0.1, -0.05) is 6.42 Å². The van der Waals surface area contributed by atoms with E-state index in [1.54, 1.807) is 0 Å². The summed E-state index contributed by atoms with van der Waals surface area (Å²) in [5, 5.41) is 29.8. The third-order valence-electron chi connectivity index (χ3n) is 4.48. The smallest absolute Gasteiger partial charge is 0.451 e. The predicted octanol–water partition coefficient (Wildman–Crippen LogP) is -1.90. The normalized spacial score (nSPS) is 22.3. The Labute approximate surface area is 176 Å². The van der Waals surface area contributed by atoms with Gasteiger partial charge >= 0.3 is 19.1 Å². The molecule has 3 amide bonds. The van der Waals surface area contributed by atoms with Crippen LogP contribution in [0.5, 0.6) is 0 Å². The maximum atomic E-state index is 12.6. The average molecular weight is 446 g/mol. The zero-order chi connectivity index (χ0) is 19.9. The number of amides is 3. The highest BCUT2D eigenvalue weighted by molar-refractivity contribution is 6.40. The number of nitrogens with two attached hydrogens (primary N) is 3. The number of primary amides is 1. The molecule has 0 bridgehead atoms. The first-order valence-electron chi connectivity index (χ1n) is 8.51. The van der Waals surface area contributed by atoms with Crippen molar-refractivity contribution in [2.45, 2.75) is 43.6 Å². The lowest BCUT2D eigenvalue weighted by Crippen LogP contribution is -2.64. The summed E-state index contributed by atoms with van der Waals surface area (Å²) in [4.78, 5) is 36.0. The maximum Gasteiger partial charge on any atom is 0.451 e. The van der Waals surface area contributed by atoms with Crippen LogP contribution < -0.4 is 22.5 Å². The van der Waals surface area contributed by atoms with Crippen LogP contribution in [0.2, 0.25) is 6.32 Å². The van der Waals surface area contributed by atoms with Gasteiger partial charge in [0, 0.05) is 19.6 Å². The van der Waals surface area contributed by atoms with E-state index < -0.39 is 36.6 Å². The second-order valence-corrected chi connectivity index (χ2v) is 6.85. The number of likely N-dealkylation sites (tertiary alicyclic amines) is 1. The molecular formula is C14H30BCl2N5O6. The molecule has 0 aliphatic carbocycles. The SMILES string of the molecule is Cl.Cl.NC(=O)NCCC[C@H](N)C(=O)N1C[C@@H](CCB(O)O)C[C@](N)(C(=O)O)C1. The number of piperidine rings is 1. The number of carbonyl (C=O) groups excluding carboxylic acids is 2. The van der Waals surface area contributed by atoms with Crippen LogP contribution in [0.4, 0.5) is 4.79 Å². The predicted molar refractivity (Wildman–Crippen MR) is 108 cm³/mol.